The van der Waals surface area contributed by atoms with E-state index in [2.05, 4.69) is 15.4 Å². The van der Waals surface area contributed by atoms with Gasteiger partial charge in [0.25, 0.3) is 5.91 Å². The molecule has 0 radical (unpaired) electrons. The molecule has 36 heavy (non-hydrogen) atoms. The van der Waals surface area contributed by atoms with Crippen molar-refractivity contribution in [2.45, 2.75) is 29.7 Å². The number of anilines is 2. The maximum atomic E-state index is 12.8. The standard InChI is InChI=1S/C20H19Cl2N5O3S.C3H6O2/c21-14-5-3-9-20(22,12-14)27-31(29,30)17-8-2-7-16(11-17)25-18(28)13-4-1-6-15(10-13)26-19(23)24;1-2-3(4)5/h1-8,10-12,27H,9H2,(H,25,28)(H4,23,24,26);2H2,1H3,(H,4,5). The number of alkyl halides is 1. The zero-order valence-corrected chi connectivity index (χ0v) is 21.4. The van der Waals surface area contributed by atoms with Crippen molar-refractivity contribution in [3.05, 3.63) is 77.4 Å². The number of hydrogen-bond acceptors (Lipinski definition) is 5. The van der Waals surface area contributed by atoms with E-state index in [1.165, 1.54) is 30.3 Å². The Labute approximate surface area is 218 Å². The molecule has 2 aromatic carbocycles. The molecule has 0 saturated carbocycles. The zero-order valence-electron chi connectivity index (χ0n) is 19.1. The molecule has 1 aliphatic carbocycles. The number of sulfonamides is 1. The molecule has 1 atom stereocenters. The summed E-state index contributed by atoms with van der Waals surface area (Å²) in [7, 11) is -4.00. The van der Waals surface area contributed by atoms with E-state index in [4.69, 9.17) is 39.5 Å². The van der Waals surface area contributed by atoms with Gasteiger partial charge >= 0.3 is 5.97 Å². The quantitative estimate of drug-likeness (QED) is 0.130. The summed E-state index contributed by atoms with van der Waals surface area (Å²) in [5.74, 6) is -1.47. The molecule has 0 aliphatic heterocycles. The lowest BCUT2D eigenvalue weighted by Crippen LogP contribution is -2.42. The molecule has 3 rings (SSSR count). The van der Waals surface area contributed by atoms with Gasteiger partial charge in [-0.2, -0.15) is 4.72 Å². The van der Waals surface area contributed by atoms with Gasteiger partial charge in [-0.15, -0.1) is 0 Å². The number of nitrogens with two attached hydrogens (primary N) is 1. The summed E-state index contributed by atoms with van der Waals surface area (Å²) < 4.78 is 28.1. The van der Waals surface area contributed by atoms with E-state index in [0.29, 0.717) is 16.3 Å². The normalized spacial score (nSPS) is 16.7. The van der Waals surface area contributed by atoms with Crippen LogP contribution in [0.2, 0.25) is 0 Å². The van der Waals surface area contributed by atoms with Gasteiger partial charge in [0.2, 0.25) is 10.0 Å². The number of benzene rings is 2. The highest BCUT2D eigenvalue weighted by Crippen LogP contribution is 2.29. The highest BCUT2D eigenvalue weighted by atomic mass is 35.5. The van der Waals surface area contributed by atoms with Gasteiger partial charge in [-0.3, -0.25) is 15.0 Å². The predicted molar refractivity (Wildman–Crippen MR) is 141 cm³/mol. The van der Waals surface area contributed by atoms with E-state index in [1.807, 2.05) is 0 Å². The minimum Gasteiger partial charge on any atom is -0.481 e. The van der Waals surface area contributed by atoms with Crippen LogP contribution in [0.15, 0.2) is 76.7 Å². The highest BCUT2D eigenvalue weighted by Gasteiger charge is 2.32. The largest absolute Gasteiger partial charge is 0.481 e. The van der Waals surface area contributed by atoms with E-state index in [0.717, 1.165) is 0 Å². The molecule has 10 nitrogen and oxygen atoms in total. The zero-order chi connectivity index (χ0) is 26.9. The van der Waals surface area contributed by atoms with Crippen molar-refractivity contribution in [2.75, 3.05) is 10.6 Å². The molecular weight excluding hydrogens is 529 g/mol. The molecule has 2 aromatic rings. The topological polar surface area (TPSA) is 174 Å². The first kappa shape index (κ1) is 28.9. The fourth-order valence-electron chi connectivity index (χ4n) is 2.86. The number of nitrogens with one attached hydrogen (secondary N) is 4. The Bertz CT molecular complexity index is 1310. The van der Waals surface area contributed by atoms with Gasteiger partial charge in [0.15, 0.2) is 5.96 Å². The fraction of sp³-hybridized carbons (Fsp3) is 0.174. The number of carbonyl (C=O) groups excluding carboxylic acids is 1. The molecular formula is C23H25Cl2N5O5S. The summed E-state index contributed by atoms with van der Waals surface area (Å²) >= 11 is 12.3. The average molecular weight is 554 g/mol. The van der Waals surface area contributed by atoms with Crippen molar-refractivity contribution in [1.82, 2.24) is 4.72 Å². The van der Waals surface area contributed by atoms with Gasteiger partial charge < -0.3 is 21.5 Å². The van der Waals surface area contributed by atoms with Crippen molar-refractivity contribution >= 4 is 62.4 Å². The Morgan fingerprint density at radius 1 is 1.14 bits per heavy atom. The molecule has 0 fully saturated rings. The smallest absolute Gasteiger partial charge is 0.303 e. The van der Waals surface area contributed by atoms with Gasteiger partial charge in [-0.05, 0) is 48.6 Å². The number of carboxylic acid groups (broad SMARTS) is 1. The van der Waals surface area contributed by atoms with Crippen LogP contribution in [0.4, 0.5) is 11.4 Å². The molecule has 0 bridgehead atoms. The third-order valence-corrected chi connectivity index (χ3v) is 6.68. The molecule has 0 saturated heterocycles. The average Bonchev–Trinajstić information content (AvgIpc) is 2.78. The Morgan fingerprint density at radius 2 is 1.75 bits per heavy atom. The van der Waals surface area contributed by atoms with Crippen LogP contribution in [0.25, 0.3) is 0 Å². The summed E-state index contributed by atoms with van der Waals surface area (Å²) in [5, 5.41) is 20.6. The van der Waals surface area contributed by atoms with Gasteiger partial charge in [0.1, 0.15) is 5.00 Å². The Kier molecular flexibility index (Phi) is 10.1. The molecule has 0 aromatic heterocycles. The third-order valence-electron chi connectivity index (χ3n) is 4.47. The number of allylic oxidation sites excluding steroid dienone is 2. The molecule has 1 unspecified atom stereocenters. The van der Waals surface area contributed by atoms with E-state index < -0.39 is 26.9 Å². The van der Waals surface area contributed by atoms with Crippen LogP contribution in [0, 0.1) is 5.41 Å². The van der Waals surface area contributed by atoms with Crippen molar-refractivity contribution in [3.8, 4) is 0 Å². The van der Waals surface area contributed by atoms with Crippen LogP contribution in [-0.2, 0) is 14.8 Å². The van der Waals surface area contributed by atoms with Gasteiger partial charge in [0.05, 0.1) is 4.90 Å². The highest BCUT2D eigenvalue weighted by molar-refractivity contribution is 7.89. The first-order chi connectivity index (χ1) is 16.8. The van der Waals surface area contributed by atoms with E-state index in [9.17, 15) is 18.0 Å². The number of amides is 1. The maximum absolute atomic E-state index is 12.8. The third kappa shape index (κ3) is 9.00. The first-order valence-corrected chi connectivity index (χ1v) is 12.7. The van der Waals surface area contributed by atoms with Crippen LogP contribution >= 0.6 is 23.2 Å². The number of aliphatic carboxylic acids is 1. The molecule has 7 N–H and O–H groups in total. The molecule has 192 valence electrons. The van der Waals surface area contributed by atoms with Crippen molar-refractivity contribution in [3.63, 3.8) is 0 Å². The van der Waals surface area contributed by atoms with Crippen LogP contribution in [0.3, 0.4) is 0 Å². The Hall–Kier alpha value is -3.38. The predicted octanol–water partition coefficient (Wildman–Crippen LogP) is 4.02. The number of halogens is 2. The molecule has 0 spiro atoms. The molecule has 0 heterocycles. The summed E-state index contributed by atoms with van der Waals surface area (Å²) in [6, 6.07) is 12.1. The molecule has 1 aliphatic rings. The summed E-state index contributed by atoms with van der Waals surface area (Å²) in [5.41, 5.74) is 6.35. The summed E-state index contributed by atoms with van der Waals surface area (Å²) in [4.78, 5) is 20.5. The lowest BCUT2D eigenvalue weighted by atomic mass is 10.1. The van der Waals surface area contributed by atoms with Gasteiger partial charge in [0, 0.05) is 34.8 Å². The second kappa shape index (κ2) is 12.5. The van der Waals surface area contributed by atoms with Crippen molar-refractivity contribution in [1.29, 1.82) is 5.41 Å². The lowest BCUT2D eigenvalue weighted by Gasteiger charge is -2.26. The van der Waals surface area contributed by atoms with E-state index >= 15 is 0 Å². The SMILES string of the molecule is CCC(=O)O.N=C(N)Nc1cccc(C(=O)Nc2cccc(S(=O)(=O)NC3(Cl)C=C(Cl)C=CC3)c2)c1. The minimum absolute atomic E-state index is 0.0728. The number of hydrogen-bond donors (Lipinski definition) is 6. The van der Waals surface area contributed by atoms with Crippen LogP contribution in [0.5, 0.6) is 0 Å². The lowest BCUT2D eigenvalue weighted by molar-refractivity contribution is -0.136. The second-order valence-electron chi connectivity index (χ2n) is 7.45. The van der Waals surface area contributed by atoms with E-state index in [1.54, 1.807) is 43.3 Å². The first-order valence-electron chi connectivity index (χ1n) is 10.5. The summed E-state index contributed by atoms with van der Waals surface area (Å²) in [6.07, 6.45) is 5.17. The van der Waals surface area contributed by atoms with Crippen LogP contribution < -0.4 is 21.1 Å². The second-order valence-corrected chi connectivity index (χ2v) is 10.2. The van der Waals surface area contributed by atoms with Gasteiger partial charge in [-0.25, -0.2) is 8.42 Å². The minimum atomic E-state index is -4.00. The Balaban J connectivity index is 0.000000830. The number of guanidine groups is 1. The fourth-order valence-corrected chi connectivity index (χ4v) is 4.95. The Morgan fingerprint density at radius 3 is 2.33 bits per heavy atom. The summed E-state index contributed by atoms with van der Waals surface area (Å²) in [6.45, 7) is 1.60. The maximum Gasteiger partial charge on any atom is 0.303 e. The van der Waals surface area contributed by atoms with Crippen molar-refractivity contribution in [2.24, 2.45) is 5.73 Å². The molecule has 1 amide bonds. The van der Waals surface area contributed by atoms with E-state index in [-0.39, 0.29) is 29.4 Å². The monoisotopic (exact) mass is 553 g/mol. The van der Waals surface area contributed by atoms with Crippen LogP contribution in [0.1, 0.15) is 30.1 Å². The van der Waals surface area contributed by atoms with Gasteiger partial charge in [-0.1, -0.05) is 48.3 Å². The number of carbonyl (C=O) groups is 2. The number of carboxylic acids is 1. The molecule has 13 heteroatoms. The van der Waals surface area contributed by atoms with Crippen molar-refractivity contribution < 1.29 is 23.1 Å². The van der Waals surface area contributed by atoms with Crippen LogP contribution in [-0.4, -0.2) is 36.4 Å². The number of rotatable bonds is 7.